The molecule has 0 spiro atoms. The van der Waals surface area contributed by atoms with E-state index in [2.05, 4.69) is 267 Å². The van der Waals surface area contributed by atoms with E-state index in [4.69, 9.17) is 15.0 Å². The molecule has 5 aromatic heterocycles. The molecule has 17 aromatic rings. The van der Waals surface area contributed by atoms with E-state index in [-0.39, 0.29) is 0 Å². The second kappa shape index (κ2) is 18.2. The summed E-state index contributed by atoms with van der Waals surface area (Å²) in [7, 11) is 0. The minimum absolute atomic E-state index is 0.596. The van der Waals surface area contributed by atoms with Crippen molar-refractivity contribution < 1.29 is 0 Å². The first kappa shape index (κ1) is 45.8. The zero-order chi connectivity index (χ0) is 53.8. The molecular weight excluding hydrogens is 999 g/mol. The number of para-hydroxylation sites is 6. The molecule has 0 fully saturated rings. The third-order valence-electron chi connectivity index (χ3n) is 16.6. The quantitative estimate of drug-likeness (QED) is 0.152. The van der Waals surface area contributed by atoms with E-state index in [9.17, 15) is 0 Å². The lowest BCUT2D eigenvalue weighted by atomic mass is 10.0. The molecule has 7 heteroatoms. The highest BCUT2D eigenvalue weighted by atomic mass is 15.1. The van der Waals surface area contributed by atoms with Gasteiger partial charge >= 0.3 is 0 Å². The minimum Gasteiger partial charge on any atom is -0.309 e. The summed E-state index contributed by atoms with van der Waals surface area (Å²) < 4.78 is 9.68. The molecule has 0 bridgehead atoms. The second-order valence-electron chi connectivity index (χ2n) is 21.2. The Labute approximate surface area is 471 Å². The van der Waals surface area contributed by atoms with Gasteiger partial charge < -0.3 is 18.3 Å². The Kier molecular flexibility index (Phi) is 10.2. The number of hydrogen-bond donors (Lipinski definition) is 0. The predicted octanol–water partition coefficient (Wildman–Crippen LogP) is 18.9. The summed E-state index contributed by atoms with van der Waals surface area (Å²) in [4.78, 5) is 15.5. The van der Waals surface area contributed by atoms with Gasteiger partial charge in [-0.3, -0.25) is 0 Å². The van der Waals surface area contributed by atoms with Gasteiger partial charge in [0.15, 0.2) is 17.5 Å². The maximum Gasteiger partial charge on any atom is 0.164 e. The fraction of sp³-hybridized carbons (Fsp3) is 0. The maximum atomic E-state index is 5.24. The van der Waals surface area contributed by atoms with Crippen LogP contribution in [0.2, 0.25) is 0 Å². The largest absolute Gasteiger partial charge is 0.309 e. The van der Waals surface area contributed by atoms with Crippen LogP contribution in [-0.4, -0.2) is 33.2 Å². The molecule has 12 aromatic carbocycles. The third kappa shape index (κ3) is 7.06. The first-order valence-corrected chi connectivity index (χ1v) is 27.8. The first-order chi connectivity index (χ1) is 40.7. The van der Waals surface area contributed by atoms with E-state index in [0.717, 1.165) is 88.9 Å². The topological polar surface area (TPSA) is 58.4 Å². The zero-order valence-electron chi connectivity index (χ0n) is 44.3. The predicted molar refractivity (Wildman–Crippen MR) is 339 cm³/mol. The molecule has 0 aliphatic heterocycles. The van der Waals surface area contributed by atoms with Gasteiger partial charge in [0.1, 0.15) is 0 Å². The monoisotopic (exact) mass is 1050 g/mol. The zero-order valence-corrected chi connectivity index (χ0v) is 44.3. The van der Waals surface area contributed by atoms with Gasteiger partial charge in [0.2, 0.25) is 0 Å². The van der Waals surface area contributed by atoms with Crippen LogP contribution < -0.4 is 0 Å². The molecule has 7 nitrogen and oxygen atoms in total. The van der Waals surface area contributed by atoms with Crippen LogP contribution in [0.15, 0.2) is 285 Å². The van der Waals surface area contributed by atoms with Crippen LogP contribution in [-0.2, 0) is 0 Å². The Morgan fingerprint density at radius 1 is 0.183 bits per heavy atom. The van der Waals surface area contributed by atoms with Crippen molar-refractivity contribution in [3.8, 4) is 68.0 Å². The highest BCUT2D eigenvalue weighted by Gasteiger charge is 2.23. The lowest BCUT2D eigenvalue weighted by Crippen LogP contribution is -2.05. The number of benzene rings is 12. The van der Waals surface area contributed by atoms with Gasteiger partial charge in [0.25, 0.3) is 0 Å². The number of nitrogens with zero attached hydrogens (tertiary/aromatic N) is 7. The number of rotatable bonds is 8. The lowest BCUT2D eigenvalue weighted by molar-refractivity contribution is 1.06. The van der Waals surface area contributed by atoms with Crippen LogP contribution in [0.4, 0.5) is 0 Å². The van der Waals surface area contributed by atoms with Crippen molar-refractivity contribution >= 4 is 87.2 Å². The van der Waals surface area contributed by atoms with E-state index in [1.165, 1.54) is 48.9 Å². The Balaban J connectivity index is 0.855. The summed E-state index contributed by atoms with van der Waals surface area (Å²) in [5, 5.41) is 9.60. The number of hydrogen-bond acceptors (Lipinski definition) is 3. The SMILES string of the molecule is c1ccc(-c2nc(-c3ccccc3)nc(-c3ccc(-n4c5ccccc5c5ccccc54)c(-n4c5ccccc5c5cc(-c6ccc7c(c6)c6ccccc6n7-c6ccc7c(c6)c6ccccc6n7-c6ccccc6)ccc54)c3)n2)cc1. The highest BCUT2D eigenvalue weighted by Crippen LogP contribution is 2.43. The van der Waals surface area contributed by atoms with E-state index in [1.807, 2.05) is 36.4 Å². The Morgan fingerprint density at radius 2 is 0.512 bits per heavy atom. The molecule has 0 amide bonds. The summed E-state index contributed by atoms with van der Waals surface area (Å²) in [5.74, 6) is 1.84. The molecule has 0 aliphatic carbocycles. The fourth-order valence-electron chi connectivity index (χ4n) is 12.9. The molecule has 382 valence electrons. The molecule has 0 saturated carbocycles. The normalized spacial score (nSPS) is 11.9. The van der Waals surface area contributed by atoms with E-state index >= 15 is 0 Å². The van der Waals surface area contributed by atoms with Crippen LogP contribution in [0.5, 0.6) is 0 Å². The molecule has 0 radical (unpaired) electrons. The average Bonchev–Trinajstić information content (AvgIpc) is 3.45. The van der Waals surface area contributed by atoms with Crippen LogP contribution in [0.1, 0.15) is 0 Å². The van der Waals surface area contributed by atoms with E-state index in [0.29, 0.717) is 17.5 Å². The van der Waals surface area contributed by atoms with Crippen molar-refractivity contribution in [1.29, 1.82) is 0 Å². The summed E-state index contributed by atoms with van der Waals surface area (Å²) in [6, 6.07) is 102. The minimum atomic E-state index is 0.596. The average molecular weight is 1050 g/mol. The van der Waals surface area contributed by atoms with Crippen LogP contribution >= 0.6 is 0 Å². The van der Waals surface area contributed by atoms with Crippen molar-refractivity contribution in [3.05, 3.63) is 285 Å². The van der Waals surface area contributed by atoms with Crippen LogP contribution in [0, 0.1) is 0 Å². The Morgan fingerprint density at radius 3 is 1.00 bits per heavy atom. The van der Waals surface area contributed by atoms with E-state index < -0.39 is 0 Å². The molecule has 17 rings (SSSR count). The summed E-state index contributed by atoms with van der Waals surface area (Å²) in [6.07, 6.45) is 0. The highest BCUT2D eigenvalue weighted by molar-refractivity contribution is 6.15. The van der Waals surface area contributed by atoms with Gasteiger partial charge in [0.05, 0.1) is 55.5 Å². The molecule has 5 heterocycles. The molecule has 0 atom stereocenters. The van der Waals surface area contributed by atoms with Gasteiger partial charge in [0, 0.05) is 71.2 Å². The maximum absolute atomic E-state index is 5.24. The van der Waals surface area contributed by atoms with Crippen LogP contribution in [0.3, 0.4) is 0 Å². The van der Waals surface area contributed by atoms with Gasteiger partial charge in [-0.05, 0) is 114 Å². The smallest absolute Gasteiger partial charge is 0.164 e. The van der Waals surface area contributed by atoms with Gasteiger partial charge in [-0.25, -0.2) is 15.0 Å². The van der Waals surface area contributed by atoms with Crippen molar-refractivity contribution in [2.75, 3.05) is 0 Å². The standard InChI is InChI=1S/C75H47N7/c1-4-20-48(21-5-1)73-76-74(49-22-6-2-7-23-49)78-75(77-73)52-38-42-71(81-65-33-17-10-26-55(65)56-27-11-18-34-66(56)81)72(46-52)82-67-35-19-14-29-58(67)61-45-51(37-41-70(61)82)50-36-40-68-60(44-50)57-28-12-16-32-64(57)80(68)54-39-43-69-62(47-54)59-30-13-15-31-63(59)79(69)53-24-8-3-9-25-53/h1-47H. The van der Waals surface area contributed by atoms with Crippen molar-refractivity contribution in [3.63, 3.8) is 0 Å². The van der Waals surface area contributed by atoms with Crippen LogP contribution in [0.25, 0.3) is 155 Å². The van der Waals surface area contributed by atoms with Gasteiger partial charge in [-0.2, -0.15) is 0 Å². The Bertz CT molecular complexity index is 5280. The van der Waals surface area contributed by atoms with Crippen molar-refractivity contribution in [1.82, 2.24) is 33.2 Å². The van der Waals surface area contributed by atoms with Gasteiger partial charge in [-0.1, -0.05) is 182 Å². The fourth-order valence-corrected chi connectivity index (χ4v) is 12.9. The van der Waals surface area contributed by atoms with E-state index in [1.54, 1.807) is 0 Å². The number of aromatic nitrogens is 7. The third-order valence-corrected chi connectivity index (χ3v) is 16.6. The summed E-state index contributed by atoms with van der Waals surface area (Å²) >= 11 is 0. The van der Waals surface area contributed by atoms with Gasteiger partial charge in [-0.15, -0.1) is 0 Å². The molecule has 82 heavy (non-hydrogen) atoms. The second-order valence-corrected chi connectivity index (χ2v) is 21.2. The molecule has 0 saturated heterocycles. The van der Waals surface area contributed by atoms with Crippen molar-refractivity contribution in [2.45, 2.75) is 0 Å². The molecule has 0 N–H and O–H groups in total. The summed E-state index contributed by atoms with van der Waals surface area (Å²) in [6.45, 7) is 0. The molecule has 0 aliphatic rings. The summed E-state index contributed by atoms with van der Waals surface area (Å²) in [5.41, 5.74) is 18.5. The lowest BCUT2D eigenvalue weighted by Gasteiger charge is -2.18. The molecule has 0 unspecified atom stereocenters. The Hall–Kier alpha value is -11.2. The number of fused-ring (bicyclic) bond motifs is 12. The van der Waals surface area contributed by atoms with Crippen molar-refractivity contribution in [2.24, 2.45) is 0 Å². The first-order valence-electron chi connectivity index (χ1n) is 27.8. The molecular formula is C75H47N7.